The van der Waals surface area contributed by atoms with E-state index >= 15 is 0 Å². The van der Waals surface area contributed by atoms with Gasteiger partial charge in [-0.25, -0.2) is 9.67 Å². The lowest BCUT2D eigenvalue weighted by Crippen LogP contribution is -2.07. The van der Waals surface area contributed by atoms with Gasteiger partial charge in [0, 0.05) is 18.3 Å². The van der Waals surface area contributed by atoms with Crippen molar-refractivity contribution in [2.75, 3.05) is 5.32 Å². The van der Waals surface area contributed by atoms with E-state index in [0.29, 0.717) is 17.9 Å². The molecule has 2 aromatic heterocycles. The maximum atomic E-state index is 10.9. The van der Waals surface area contributed by atoms with Crippen LogP contribution in [0.2, 0.25) is 0 Å². The number of pyridine rings is 1. The van der Waals surface area contributed by atoms with Crippen LogP contribution in [0.1, 0.15) is 16.8 Å². The number of aryl methyl sites for hydroxylation is 2. The Morgan fingerprint density at radius 3 is 2.71 bits per heavy atom. The molecule has 0 radical (unpaired) electrons. The number of nitro groups is 1. The van der Waals surface area contributed by atoms with Crippen LogP contribution in [0, 0.1) is 24.0 Å². The second kappa shape index (κ2) is 6.49. The highest BCUT2D eigenvalue weighted by Gasteiger charge is 2.12. The Hall–Kier alpha value is -3.22. The van der Waals surface area contributed by atoms with E-state index in [1.54, 1.807) is 13.0 Å². The zero-order chi connectivity index (χ0) is 17.1. The summed E-state index contributed by atoms with van der Waals surface area (Å²) in [5.41, 5.74) is 3.59. The van der Waals surface area contributed by atoms with Gasteiger partial charge in [-0.3, -0.25) is 10.1 Å². The summed E-state index contributed by atoms with van der Waals surface area (Å²) in [6, 6.07) is 11.6. The van der Waals surface area contributed by atoms with Crippen LogP contribution >= 0.6 is 0 Å². The molecule has 0 atom stereocenters. The first-order chi connectivity index (χ1) is 11.5. The second-order valence-corrected chi connectivity index (χ2v) is 5.50. The normalized spacial score (nSPS) is 10.6. The lowest BCUT2D eigenvalue weighted by atomic mass is 10.1. The van der Waals surface area contributed by atoms with Crippen LogP contribution in [-0.2, 0) is 6.54 Å². The highest BCUT2D eigenvalue weighted by atomic mass is 16.6. The van der Waals surface area contributed by atoms with E-state index in [1.165, 1.54) is 6.20 Å². The summed E-state index contributed by atoms with van der Waals surface area (Å²) < 4.78 is 1.83. The molecule has 0 saturated carbocycles. The predicted octanol–water partition coefficient (Wildman–Crippen LogP) is 3.40. The molecule has 0 amide bonds. The van der Waals surface area contributed by atoms with Crippen LogP contribution in [0.5, 0.6) is 0 Å². The van der Waals surface area contributed by atoms with Crippen molar-refractivity contribution in [2.24, 2.45) is 0 Å². The Morgan fingerprint density at radius 1 is 1.25 bits per heavy atom. The number of aromatic nitrogens is 3. The average molecular weight is 323 g/mol. The minimum Gasteiger partial charge on any atom is -0.366 e. The van der Waals surface area contributed by atoms with Crippen LogP contribution in [0.4, 0.5) is 11.5 Å². The van der Waals surface area contributed by atoms with Crippen molar-refractivity contribution in [3.8, 4) is 5.69 Å². The summed E-state index contributed by atoms with van der Waals surface area (Å²) >= 11 is 0. The zero-order valence-electron chi connectivity index (χ0n) is 13.4. The fraction of sp³-hybridized carbons (Fsp3) is 0.176. The van der Waals surface area contributed by atoms with Gasteiger partial charge in [0.05, 0.1) is 16.3 Å². The third kappa shape index (κ3) is 3.24. The van der Waals surface area contributed by atoms with Crippen LogP contribution in [0.3, 0.4) is 0 Å². The minimum absolute atomic E-state index is 0.0213. The van der Waals surface area contributed by atoms with E-state index in [4.69, 9.17) is 0 Å². The predicted molar refractivity (Wildman–Crippen MR) is 91.3 cm³/mol. The highest BCUT2D eigenvalue weighted by Crippen LogP contribution is 2.20. The third-order valence-corrected chi connectivity index (χ3v) is 3.70. The molecule has 7 heteroatoms. The molecule has 0 aliphatic rings. The maximum absolute atomic E-state index is 10.9. The standard InChI is InChI=1S/C17H17N5O2/c1-12-9-17(19-11-16(12)22(23)24)18-10-14-5-3-4-6-15(14)21-8-7-13(2)20-21/h3-9,11H,10H2,1-2H3,(H,18,19). The Bertz CT molecular complexity index is 888. The van der Waals surface area contributed by atoms with Crippen molar-refractivity contribution in [2.45, 2.75) is 20.4 Å². The van der Waals surface area contributed by atoms with Gasteiger partial charge >= 0.3 is 0 Å². The van der Waals surface area contributed by atoms with Crippen molar-refractivity contribution >= 4 is 11.5 Å². The highest BCUT2D eigenvalue weighted by molar-refractivity contribution is 5.48. The van der Waals surface area contributed by atoms with E-state index in [9.17, 15) is 10.1 Å². The molecule has 0 aliphatic heterocycles. The van der Waals surface area contributed by atoms with Crippen LogP contribution < -0.4 is 5.32 Å². The van der Waals surface area contributed by atoms with Gasteiger partial charge in [-0.2, -0.15) is 5.10 Å². The van der Waals surface area contributed by atoms with Crippen LogP contribution in [0.25, 0.3) is 5.69 Å². The van der Waals surface area contributed by atoms with Crippen LogP contribution in [-0.4, -0.2) is 19.7 Å². The number of nitrogens with one attached hydrogen (secondary N) is 1. The fourth-order valence-electron chi connectivity index (χ4n) is 2.46. The van der Waals surface area contributed by atoms with E-state index in [0.717, 1.165) is 16.9 Å². The van der Waals surface area contributed by atoms with Crippen molar-refractivity contribution in [1.82, 2.24) is 14.8 Å². The van der Waals surface area contributed by atoms with Gasteiger partial charge < -0.3 is 5.32 Å². The molecular weight excluding hydrogens is 306 g/mol. The van der Waals surface area contributed by atoms with Gasteiger partial charge in [0.1, 0.15) is 12.0 Å². The molecule has 0 spiro atoms. The number of rotatable bonds is 5. The van der Waals surface area contributed by atoms with Gasteiger partial charge in [-0.15, -0.1) is 0 Å². The summed E-state index contributed by atoms with van der Waals surface area (Å²) in [4.78, 5) is 14.5. The summed E-state index contributed by atoms with van der Waals surface area (Å²) in [6.07, 6.45) is 3.20. The lowest BCUT2D eigenvalue weighted by molar-refractivity contribution is -0.385. The van der Waals surface area contributed by atoms with Gasteiger partial charge in [0.15, 0.2) is 0 Å². The van der Waals surface area contributed by atoms with Crippen molar-refractivity contribution < 1.29 is 4.92 Å². The molecular formula is C17H17N5O2. The fourth-order valence-corrected chi connectivity index (χ4v) is 2.46. The molecule has 3 rings (SSSR count). The average Bonchev–Trinajstić information content (AvgIpc) is 2.99. The summed E-state index contributed by atoms with van der Waals surface area (Å²) in [7, 11) is 0. The summed E-state index contributed by atoms with van der Waals surface area (Å²) in [5.74, 6) is 0.601. The molecule has 0 unspecified atom stereocenters. The zero-order valence-corrected chi connectivity index (χ0v) is 13.4. The number of nitrogens with zero attached hydrogens (tertiary/aromatic N) is 4. The van der Waals surface area contributed by atoms with Gasteiger partial charge in [-0.05, 0) is 37.6 Å². The molecule has 7 nitrogen and oxygen atoms in total. The van der Waals surface area contributed by atoms with Crippen molar-refractivity contribution in [3.05, 3.63) is 75.7 Å². The molecule has 1 N–H and O–H groups in total. The third-order valence-electron chi connectivity index (χ3n) is 3.70. The Morgan fingerprint density at radius 2 is 2.04 bits per heavy atom. The number of benzene rings is 1. The number of hydrogen-bond acceptors (Lipinski definition) is 5. The summed E-state index contributed by atoms with van der Waals surface area (Å²) in [5, 5.41) is 18.5. The number of hydrogen-bond donors (Lipinski definition) is 1. The lowest BCUT2D eigenvalue weighted by Gasteiger charge is -2.11. The molecule has 0 aliphatic carbocycles. The smallest absolute Gasteiger partial charge is 0.290 e. The Labute approximate surface area is 139 Å². The molecule has 24 heavy (non-hydrogen) atoms. The van der Waals surface area contributed by atoms with E-state index in [-0.39, 0.29) is 5.69 Å². The number of anilines is 1. The second-order valence-electron chi connectivity index (χ2n) is 5.50. The molecule has 122 valence electrons. The topological polar surface area (TPSA) is 85.9 Å². The largest absolute Gasteiger partial charge is 0.366 e. The van der Waals surface area contributed by atoms with Crippen molar-refractivity contribution in [1.29, 1.82) is 0 Å². The Balaban J connectivity index is 1.80. The van der Waals surface area contributed by atoms with Crippen molar-refractivity contribution in [3.63, 3.8) is 0 Å². The van der Waals surface area contributed by atoms with E-state index in [1.807, 2.05) is 48.1 Å². The van der Waals surface area contributed by atoms with E-state index in [2.05, 4.69) is 15.4 Å². The molecule has 2 heterocycles. The van der Waals surface area contributed by atoms with Crippen LogP contribution in [0.15, 0.2) is 48.8 Å². The quantitative estimate of drug-likeness (QED) is 0.574. The van der Waals surface area contributed by atoms with E-state index < -0.39 is 4.92 Å². The molecule has 0 saturated heterocycles. The van der Waals surface area contributed by atoms with Gasteiger partial charge in [0.2, 0.25) is 0 Å². The minimum atomic E-state index is -0.429. The van der Waals surface area contributed by atoms with Gasteiger partial charge in [-0.1, -0.05) is 18.2 Å². The van der Waals surface area contributed by atoms with Gasteiger partial charge in [0.25, 0.3) is 5.69 Å². The molecule has 0 bridgehead atoms. The maximum Gasteiger partial charge on any atom is 0.290 e. The first-order valence-electron chi connectivity index (χ1n) is 7.50. The number of para-hydroxylation sites is 1. The molecule has 1 aromatic carbocycles. The first-order valence-corrected chi connectivity index (χ1v) is 7.50. The first kappa shape index (κ1) is 15.7. The molecule has 3 aromatic rings. The Kier molecular flexibility index (Phi) is 4.24. The molecule has 0 fully saturated rings. The SMILES string of the molecule is Cc1ccn(-c2ccccc2CNc2cc(C)c([N+](=O)[O-])cn2)n1. The monoisotopic (exact) mass is 323 g/mol. The summed E-state index contributed by atoms with van der Waals surface area (Å²) in [6.45, 7) is 4.19.